The smallest absolute Gasteiger partial charge is 0.328 e. The van der Waals surface area contributed by atoms with Gasteiger partial charge in [-0.2, -0.15) is 0 Å². The molecule has 31 heavy (non-hydrogen) atoms. The second-order valence-electron chi connectivity index (χ2n) is 7.30. The molecule has 0 aromatic carbocycles. The molecule has 1 aliphatic heterocycles. The second-order valence-corrected chi connectivity index (χ2v) is 7.30. The van der Waals surface area contributed by atoms with Crippen molar-refractivity contribution in [3.05, 3.63) is 18.2 Å². The molecule has 172 valence electrons. The summed E-state index contributed by atoms with van der Waals surface area (Å²) < 4.78 is 0. The number of imidazole rings is 1. The van der Waals surface area contributed by atoms with E-state index in [9.17, 15) is 34.5 Å². The van der Waals surface area contributed by atoms with Gasteiger partial charge in [0.15, 0.2) is 6.04 Å². The largest absolute Gasteiger partial charge is 0.480 e. The highest BCUT2D eigenvalue weighted by Crippen LogP contribution is 2.06. The summed E-state index contributed by atoms with van der Waals surface area (Å²) >= 11 is 0. The summed E-state index contributed by atoms with van der Waals surface area (Å²) in [4.78, 5) is 55.4. The standard InChI is InChI=1S/C18H28N6O7/c1-9(26)14(18(30)31)24-16(28)12(5-10-6-19-8-21-10)22-17(29)13(7-25)23-15(27)11-3-2-4-20-11/h6,8-9,11-14,20,25-26H,2-5,7H2,1H3,(H,19,21)(H,22,29)(H,23,27)(H,24,28)(H,30,31). The van der Waals surface area contributed by atoms with Gasteiger partial charge in [-0.25, -0.2) is 9.78 Å². The van der Waals surface area contributed by atoms with Gasteiger partial charge in [-0.05, 0) is 26.3 Å². The van der Waals surface area contributed by atoms with E-state index in [0.717, 1.165) is 6.42 Å². The Morgan fingerprint density at radius 1 is 1.19 bits per heavy atom. The monoisotopic (exact) mass is 440 g/mol. The molecule has 2 heterocycles. The van der Waals surface area contributed by atoms with Crippen molar-refractivity contribution in [2.75, 3.05) is 13.2 Å². The molecule has 2 rings (SSSR count). The summed E-state index contributed by atoms with van der Waals surface area (Å²) in [5.41, 5.74) is 0.476. The van der Waals surface area contributed by atoms with Crippen molar-refractivity contribution >= 4 is 23.7 Å². The van der Waals surface area contributed by atoms with Crippen LogP contribution in [0.15, 0.2) is 12.5 Å². The van der Waals surface area contributed by atoms with E-state index in [1.165, 1.54) is 19.4 Å². The maximum atomic E-state index is 12.7. The molecular weight excluding hydrogens is 412 g/mol. The fraction of sp³-hybridized carbons (Fsp3) is 0.611. The van der Waals surface area contributed by atoms with E-state index in [-0.39, 0.29) is 6.42 Å². The Hall–Kier alpha value is -3.03. The minimum Gasteiger partial charge on any atom is -0.480 e. The number of carbonyl (C=O) groups excluding carboxylic acids is 3. The molecule has 13 heteroatoms. The summed E-state index contributed by atoms with van der Waals surface area (Å²) in [5, 5.41) is 38.3. The zero-order chi connectivity index (χ0) is 23.0. The van der Waals surface area contributed by atoms with Gasteiger partial charge >= 0.3 is 5.97 Å². The van der Waals surface area contributed by atoms with Gasteiger partial charge in [0.2, 0.25) is 17.7 Å². The highest BCUT2D eigenvalue weighted by atomic mass is 16.4. The molecule has 0 saturated carbocycles. The third-order valence-corrected chi connectivity index (χ3v) is 4.85. The van der Waals surface area contributed by atoms with Crippen LogP contribution in [0.1, 0.15) is 25.5 Å². The first-order valence-corrected chi connectivity index (χ1v) is 9.86. The molecule has 0 aliphatic carbocycles. The van der Waals surface area contributed by atoms with Gasteiger partial charge < -0.3 is 41.6 Å². The molecule has 1 aromatic rings. The van der Waals surface area contributed by atoms with Crippen molar-refractivity contribution in [1.29, 1.82) is 0 Å². The number of nitrogens with one attached hydrogen (secondary N) is 5. The third-order valence-electron chi connectivity index (χ3n) is 4.85. The fourth-order valence-corrected chi connectivity index (χ4v) is 3.12. The first-order valence-electron chi connectivity index (χ1n) is 9.86. The Kier molecular flexibility index (Phi) is 8.90. The van der Waals surface area contributed by atoms with Gasteiger partial charge in [0.05, 0.1) is 25.1 Å². The van der Waals surface area contributed by atoms with E-state index >= 15 is 0 Å². The van der Waals surface area contributed by atoms with Crippen LogP contribution in [-0.2, 0) is 25.6 Å². The first-order chi connectivity index (χ1) is 14.7. The van der Waals surface area contributed by atoms with Crippen molar-refractivity contribution in [2.24, 2.45) is 0 Å². The third kappa shape index (κ3) is 7.01. The minimum atomic E-state index is -1.59. The number of hydrogen-bond acceptors (Lipinski definition) is 8. The molecule has 0 spiro atoms. The molecule has 13 nitrogen and oxygen atoms in total. The number of aromatic amines is 1. The Morgan fingerprint density at radius 2 is 1.90 bits per heavy atom. The summed E-state index contributed by atoms with van der Waals surface area (Å²) in [6.45, 7) is 1.18. The van der Waals surface area contributed by atoms with Crippen molar-refractivity contribution in [3.63, 3.8) is 0 Å². The van der Waals surface area contributed by atoms with E-state index in [2.05, 4.69) is 31.2 Å². The van der Waals surface area contributed by atoms with E-state index in [0.29, 0.717) is 18.7 Å². The van der Waals surface area contributed by atoms with Gasteiger partial charge in [-0.15, -0.1) is 0 Å². The topological polar surface area (TPSA) is 206 Å². The number of rotatable bonds is 11. The lowest BCUT2D eigenvalue weighted by Crippen LogP contribution is -2.59. The number of carboxylic acids is 1. The normalized spacial score (nSPS) is 19.6. The number of aromatic nitrogens is 2. The summed E-state index contributed by atoms with van der Waals surface area (Å²) in [5.74, 6) is -3.57. The second kappa shape index (κ2) is 11.4. The average Bonchev–Trinajstić information content (AvgIpc) is 3.42. The number of amides is 3. The molecule has 1 aliphatic rings. The highest BCUT2D eigenvalue weighted by Gasteiger charge is 2.32. The van der Waals surface area contributed by atoms with Crippen LogP contribution < -0.4 is 21.3 Å². The summed E-state index contributed by atoms with van der Waals surface area (Å²) in [7, 11) is 0. The van der Waals surface area contributed by atoms with E-state index in [1.807, 2.05) is 0 Å². The molecule has 8 N–H and O–H groups in total. The summed E-state index contributed by atoms with van der Waals surface area (Å²) in [6.07, 6.45) is 2.76. The molecule has 1 fully saturated rings. The number of aliphatic hydroxyl groups excluding tert-OH is 2. The molecule has 0 radical (unpaired) electrons. The maximum Gasteiger partial charge on any atom is 0.328 e. The van der Waals surface area contributed by atoms with E-state index < -0.39 is 60.6 Å². The first kappa shape index (κ1) is 24.2. The van der Waals surface area contributed by atoms with Crippen LogP contribution in [0.5, 0.6) is 0 Å². The number of aliphatic hydroxyl groups is 2. The number of carbonyl (C=O) groups is 4. The van der Waals surface area contributed by atoms with Crippen molar-refractivity contribution in [2.45, 2.75) is 56.5 Å². The van der Waals surface area contributed by atoms with Gasteiger partial charge in [0, 0.05) is 18.3 Å². The zero-order valence-electron chi connectivity index (χ0n) is 17.0. The molecule has 0 bridgehead atoms. The number of hydrogen-bond donors (Lipinski definition) is 8. The van der Waals surface area contributed by atoms with Gasteiger partial charge in [0.1, 0.15) is 12.1 Å². The quantitative estimate of drug-likeness (QED) is 0.172. The Bertz CT molecular complexity index is 763. The fourth-order valence-electron chi connectivity index (χ4n) is 3.12. The SMILES string of the molecule is CC(O)C(NC(=O)C(Cc1cnc[nH]1)NC(=O)C(CO)NC(=O)C1CCCN1)C(=O)O. The van der Waals surface area contributed by atoms with Gasteiger partial charge in [-0.1, -0.05) is 0 Å². The van der Waals surface area contributed by atoms with Crippen LogP contribution in [-0.4, -0.2) is 92.4 Å². The highest BCUT2D eigenvalue weighted by molar-refractivity contribution is 5.94. The Balaban J connectivity index is 2.09. The number of carboxylic acid groups (broad SMARTS) is 1. The molecule has 5 atom stereocenters. The van der Waals surface area contributed by atoms with Crippen LogP contribution in [0.4, 0.5) is 0 Å². The van der Waals surface area contributed by atoms with Gasteiger partial charge in [0.25, 0.3) is 0 Å². The van der Waals surface area contributed by atoms with Crippen molar-refractivity contribution in [3.8, 4) is 0 Å². The Labute approximate surface area is 178 Å². The predicted molar refractivity (Wildman–Crippen MR) is 106 cm³/mol. The Morgan fingerprint density at radius 3 is 2.42 bits per heavy atom. The predicted octanol–water partition coefficient (Wildman–Crippen LogP) is -3.38. The van der Waals surface area contributed by atoms with Crippen LogP contribution in [0.2, 0.25) is 0 Å². The van der Waals surface area contributed by atoms with Crippen LogP contribution in [0.25, 0.3) is 0 Å². The zero-order valence-corrected chi connectivity index (χ0v) is 17.0. The van der Waals surface area contributed by atoms with Crippen LogP contribution in [0, 0.1) is 0 Å². The molecule has 1 saturated heterocycles. The lowest BCUT2D eigenvalue weighted by molar-refractivity contribution is -0.145. The summed E-state index contributed by atoms with van der Waals surface area (Å²) in [6, 6.07) is -4.62. The van der Waals surface area contributed by atoms with Crippen LogP contribution >= 0.6 is 0 Å². The van der Waals surface area contributed by atoms with Crippen molar-refractivity contribution in [1.82, 2.24) is 31.2 Å². The number of H-pyrrole nitrogens is 1. The number of nitrogens with zero attached hydrogens (tertiary/aromatic N) is 1. The minimum absolute atomic E-state index is 0.0694. The lowest BCUT2D eigenvalue weighted by atomic mass is 10.1. The van der Waals surface area contributed by atoms with E-state index in [4.69, 9.17) is 0 Å². The molecular formula is C18H28N6O7. The van der Waals surface area contributed by atoms with Crippen molar-refractivity contribution < 1.29 is 34.5 Å². The average molecular weight is 440 g/mol. The van der Waals surface area contributed by atoms with Crippen LogP contribution in [0.3, 0.4) is 0 Å². The molecule has 1 aromatic heterocycles. The lowest BCUT2D eigenvalue weighted by Gasteiger charge is -2.25. The van der Waals surface area contributed by atoms with Gasteiger partial charge in [-0.3, -0.25) is 14.4 Å². The van der Waals surface area contributed by atoms with E-state index in [1.54, 1.807) is 0 Å². The number of aliphatic carboxylic acids is 1. The molecule has 5 unspecified atom stereocenters. The molecule has 3 amide bonds. The maximum absolute atomic E-state index is 12.7.